The number of carbonyl (C=O) groups excluding carboxylic acids is 2. The van der Waals surface area contributed by atoms with Crippen LogP contribution in [-0.2, 0) is 66.4 Å². The molecule has 4 aliphatic carbocycles. The molecule has 7 fully saturated rings. The maximum absolute atomic E-state index is 13.5. The summed E-state index contributed by atoms with van der Waals surface area (Å²) in [6, 6.07) is 0. The smallest absolute Gasteiger partial charge is 0.330 e. The molecule has 0 aromatic carbocycles. The molecule has 0 bridgehead atoms. The Labute approximate surface area is 437 Å². The number of allylic oxidation sites excluding steroid dienone is 1. The van der Waals surface area contributed by atoms with Crippen LogP contribution in [0.1, 0.15) is 140 Å². The van der Waals surface area contributed by atoms with Crippen molar-refractivity contribution in [1.29, 1.82) is 0 Å². The molecule has 19 heteroatoms. The van der Waals surface area contributed by atoms with E-state index in [2.05, 4.69) is 6.92 Å². The highest BCUT2D eigenvalue weighted by Crippen LogP contribution is 2.71. The van der Waals surface area contributed by atoms with E-state index in [1.165, 1.54) is 13.0 Å². The minimum absolute atomic E-state index is 0.0466. The highest BCUT2D eigenvalue weighted by atomic mass is 16.8. The van der Waals surface area contributed by atoms with Gasteiger partial charge in [-0.15, -0.1) is 0 Å². The van der Waals surface area contributed by atoms with Crippen LogP contribution in [0.5, 0.6) is 0 Å². The summed E-state index contributed by atoms with van der Waals surface area (Å²) in [7, 11) is 4.79. The van der Waals surface area contributed by atoms with Gasteiger partial charge in [0.2, 0.25) is 0 Å². The molecule has 74 heavy (non-hydrogen) atoms. The van der Waals surface area contributed by atoms with Crippen LogP contribution in [0.15, 0.2) is 23.3 Å². The van der Waals surface area contributed by atoms with E-state index in [0.29, 0.717) is 38.5 Å². The molecule has 4 heterocycles. The number of aliphatic hydroxyl groups excluding tert-OH is 2. The van der Waals surface area contributed by atoms with Crippen molar-refractivity contribution in [2.75, 3.05) is 21.3 Å². The summed E-state index contributed by atoms with van der Waals surface area (Å²) in [4.78, 5) is 26.8. The third-order valence-corrected chi connectivity index (χ3v) is 19.4. The van der Waals surface area contributed by atoms with Gasteiger partial charge in [0.25, 0.3) is 0 Å². The normalized spacial score (nSPS) is 49.9. The molecule has 0 amide bonds. The Morgan fingerprint density at radius 3 is 1.73 bits per heavy atom. The van der Waals surface area contributed by atoms with E-state index in [-0.39, 0.29) is 50.2 Å². The third kappa shape index (κ3) is 10.3. The maximum atomic E-state index is 13.5. The molecule has 0 unspecified atom stereocenters. The fourth-order valence-corrected chi connectivity index (χ4v) is 14.4. The number of methoxy groups -OCH3 is 3. The average molecular weight is 1050 g/mol. The Kier molecular flexibility index (Phi) is 17.5. The lowest BCUT2D eigenvalue weighted by Gasteiger charge is -2.67. The number of esters is 1. The van der Waals surface area contributed by atoms with Crippen molar-refractivity contribution in [2.45, 2.75) is 267 Å². The van der Waals surface area contributed by atoms with Crippen LogP contribution >= 0.6 is 0 Å². The van der Waals surface area contributed by atoms with Gasteiger partial charge < -0.3 is 82.4 Å². The lowest BCUT2D eigenvalue weighted by atomic mass is 9.42. The standard InChI is InChI=1S/C55H88O19/c1-27(2)28(3)20-42(58)71-41-26-40-51(9)16-15-35(21-34(51)14-17-54(40,61)55(62)19-18-53(60,33(8)56)52(41,55)10)70-43-22-36(57)48(30(5)67-43)72-45-24-38(64-12)50(31(6)68-45)74-46-25-39(65-13)49(32(7)69-46)73-44-23-37(63-11)47(59)29(4)66-44/h14,20,27,29-32,35-41,43-50,57,59-62H,15-19,21-26H2,1-13H3/b28-20+/t29-,30+,31-,32+,35-,36-,37+,38-,39-,40+,41+,43-,44-,45-,46-,47-,48+,49+,50+,51-,52+,53+,54-,55+/m0/s1. The van der Waals surface area contributed by atoms with Gasteiger partial charge >= 0.3 is 5.97 Å². The Balaban J connectivity index is 0.865. The van der Waals surface area contributed by atoms with Gasteiger partial charge in [0.15, 0.2) is 30.9 Å². The number of ketones is 1. The molecule has 0 aromatic rings. The van der Waals surface area contributed by atoms with Crippen LogP contribution in [0.4, 0.5) is 0 Å². The van der Waals surface area contributed by atoms with Gasteiger partial charge in [-0.1, -0.05) is 38.0 Å². The second kappa shape index (κ2) is 22.3. The zero-order valence-corrected chi connectivity index (χ0v) is 45.9. The monoisotopic (exact) mass is 1050 g/mol. The molecule has 8 aliphatic rings. The topological polar surface area (TPSA) is 246 Å². The largest absolute Gasteiger partial charge is 0.458 e. The fraction of sp³-hybridized carbons (Fsp3) is 0.891. The van der Waals surface area contributed by atoms with Gasteiger partial charge in [-0.25, -0.2) is 4.79 Å². The van der Waals surface area contributed by atoms with E-state index in [0.717, 1.165) is 11.1 Å². The van der Waals surface area contributed by atoms with Crippen molar-refractivity contribution in [1.82, 2.24) is 0 Å². The number of Topliss-reactive ketones (excluding diaryl/α,β-unsaturated/α-hetero) is 1. The van der Waals surface area contributed by atoms with Gasteiger partial charge in [-0.3, -0.25) is 4.79 Å². The van der Waals surface area contributed by atoms with Crippen LogP contribution < -0.4 is 0 Å². The predicted molar refractivity (Wildman–Crippen MR) is 264 cm³/mol. The van der Waals surface area contributed by atoms with Gasteiger partial charge in [0.1, 0.15) is 47.3 Å². The van der Waals surface area contributed by atoms with Crippen molar-refractivity contribution in [2.24, 2.45) is 22.7 Å². The molecule has 0 spiro atoms. The molecule has 3 saturated carbocycles. The fourth-order valence-electron chi connectivity index (χ4n) is 14.4. The highest BCUT2D eigenvalue weighted by molar-refractivity contribution is 5.87. The Bertz CT molecular complexity index is 2040. The van der Waals surface area contributed by atoms with Crippen molar-refractivity contribution in [3.63, 3.8) is 0 Å². The van der Waals surface area contributed by atoms with E-state index in [1.54, 1.807) is 35.2 Å². The highest BCUT2D eigenvalue weighted by Gasteiger charge is 2.81. The van der Waals surface area contributed by atoms with Crippen LogP contribution in [-0.4, -0.2) is 186 Å². The zero-order chi connectivity index (χ0) is 54.0. The molecule has 8 rings (SSSR count). The summed E-state index contributed by atoms with van der Waals surface area (Å²) < 4.78 is 74.7. The number of aliphatic hydroxyl groups is 5. The Hall–Kier alpha value is -2.02. The summed E-state index contributed by atoms with van der Waals surface area (Å²) in [5, 5.41) is 60.0. The first kappa shape index (κ1) is 58.1. The summed E-state index contributed by atoms with van der Waals surface area (Å²) in [6.07, 6.45) is -4.44. The first-order valence-electron chi connectivity index (χ1n) is 27.2. The first-order valence-corrected chi connectivity index (χ1v) is 27.2. The SMILES string of the molecule is CO[C@H]1C[C@H](O[C@H]2[C@@H](O)C[C@H](O[C@H]3CC[C@@]4(C)C(=CC[C@]5(O)[C@@H]4C[C@@H](OC(=O)/C=C(\C)C(C)C)[C@@]4(C)[C@]5(O)CC[C@@]4(O)C(C)=O)C3)O[C@@H]2C)O[C@@H](C)[C@H]1O[C@H]1C[C@H](OC)[C@H](O[C@H]2C[C@@H](OC)[C@@H](O)[C@H](C)O2)[C@@H](C)O1. The molecular formula is C55H88O19. The van der Waals surface area contributed by atoms with Crippen LogP contribution in [0, 0.1) is 22.7 Å². The predicted octanol–water partition coefficient (Wildman–Crippen LogP) is 4.47. The lowest BCUT2D eigenvalue weighted by molar-refractivity contribution is -0.346. The van der Waals surface area contributed by atoms with E-state index in [1.807, 2.05) is 47.6 Å². The van der Waals surface area contributed by atoms with Crippen molar-refractivity contribution in [3.05, 3.63) is 23.3 Å². The number of ether oxygens (including phenoxy) is 12. The number of rotatable bonds is 15. The lowest BCUT2D eigenvalue weighted by Crippen LogP contribution is -2.78. The van der Waals surface area contributed by atoms with Gasteiger partial charge in [0, 0.05) is 59.0 Å². The molecule has 0 radical (unpaired) electrons. The minimum atomic E-state index is -2.03. The maximum Gasteiger partial charge on any atom is 0.330 e. The van der Waals surface area contributed by atoms with E-state index >= 15 is 0 Å². The Morgan fingerprint density at radius 1 is 0.689 bits per heavy atom. The summed E-state index contributed by atoms with van der Waals surface area (Å²) >= 11 is 0. The first-order chi connectivity index (χ1) is 34.8. The molecule has 422 valence electrons. The molecule has 4 saturated heterocycles. The van der Waals surface area contributed by atoms with E-state index in [9.17, 15) is 35.1 Å². The van der Waals surface area contributed by atoms with Crippen LogP contribution in [0.2, 0.25) is 0 Å². The second-order valence-corrected chi connectivity index (χ2v) is 23.7. The molecule has 19 nitrogen and oxygen atoms in total. The minimum Gasteiger partial charge on any atom is -0.458 e. The molecule has 0 aromatic heterocycles. The van der Waals surface area contributed by atoms with Crippen LogP contribution in [0.25, 0.3) is 0 Å². The van der Waals surface area contributed by atoms with Crippen molar-refractivity contribution in [3.8, 4) is 0 Å². The summed E-state index contributed by atoms with van der Waals surface area (Å²) in [6.45, 7) is 18.1. The number of carbonyl (C=O) groups is 2. The summed E-state index contributed by atoms with van der Waals surface area (Å²) in [5.41, 5.74) is -6.22. The van der Waals surface area contributed by atoms with Gasteiger partial charge in [-0.2, -0.15) is 0 Å². The van der Waals surface area contributed by atoms with Crippen LogP contribution in [0.3, 0.4) is 0 Å². The van der Waals surface area contributed by atoms with Crippen molar-refractivity contribution >= 4 is 11.8 Å². The molecule has 5 N–H and O–H groups in total. The Morgan fingerprint density at radius 2 is 1.20 bits per heavy atom. The van der Waals surface area contributed by atoms with Crippen molar-refractivity contribution < 1.29 is 92.0 Å². The zero-order valence-electron chi connectivity index (χ0n) is 45.9. The third-order valence-electron chi connectivity index (χ3n) is 19.4. The second-order valence-electron chi connectivity index (χ2n) is 23.7. The number of hydrogen-bond acceptors (Lipinski definition) is 19. The summed E-state index contributed by atoms with van der Waals surface area (Å²) in [5.74, 6) is -1.66. The average Bonchev–Trinajstić information content (AvgIpc) is 3.58. The quantitative estimate of drug-likeness (QED) is 0.0863. The van der Waals surface area contributed by atoms with E-state index < -0.39 is 144 Å². The molecule has 24 atom stereocenters. The van der Waals surface area contributed by atoms with Gasteiger partial charge in [-0.05, 0) is 105 Å². The molecule has 4 aliphatic heterocycles. The number of fused-ring (bicyclic) bond motifs is 5. The number of hydrogen-bond donors (Lipinski definition) is 5. The van der Waals surface area contributed by atoms with E-state index in [4.69, 9.17) is 56.8 Å². The molecular weight excluding hydrogens is 965 g/mol. The van der Waals surface area contributed by atoms with Gasteiger partial charge in [0.05, 0.1) is 60.4 Å².